The lowest BCUT2D eigenvalue weighted by atomic mass is 10.1. The van der Waals surface area contributed by atoms with Crippen LogP contribution in [0.15, 0.2) is 36.0 Å². The molecule has 2 aromatic rings. The molecule has 5 rings (SSSR count). The highest BCUT2D eigenvalue weighted by molar-refractivity contribution is 7.80. The Morgan fingerprint density at radius 2 is 1.90 bits per heavy atom. The van der Waals surface area contributed by atoms with E-state index in [1.54, 1.807) is 11.3 Å². The maximum atomic E-state index is 12.8. The maximum Gasteiger partial charge on any atom is 0.273 e. The SMILES string of the molecule is O=C1NC(=S)N/C1=C/c1ccc(-c2ccc3c(c2)CN(CCCN2CCCC2)C3=O)s1. The molecule has 1 aromatic carbocycles. The first-order chi connectivity index (χ1) is 15.1. The highest BCUT2D eigenvalue weighted by atomic mass is 32.1. The van der Waals surface area contributed by atoms with E-state index in [0.29, 0.717) is 17.4 Å². The average molecular weight is 453 g/mol. The molecule has 2 N–H and O–H groups in total. The Bertz CT molecular complexity index is 1080. The zero-order valence-corrected chi connectivity index (χ0v) is 18.8. The molecule has 8 heteroatoms. The molecule has 1 aromatic heterocycles. The van der Waals surface area contributed by atoms with Crippen LogP contribution in [0.1, 0.15) is 40.1 Å². The molecule has 0 atom stereocenters. The van der Waals surface area contributed by atoms with Gasteiger partial charge in [0.25, 0.3) is 11.8 Å². The summed E-state index contributed by atoms with van der Waals surface area (Å²) < 4.78 is 0. The zero-order chi connectivity index (χ0) is 21.4. The molecule has 0 saturated carbocycles. The van der Waals surface area contributed by atoms with Crippen LogP contribution in [-0.4, -0.2) is 52.9 Å². The first-order valence-corrected chi connectivity index (χ1v) is 11.9. The molecular formula is C23H24N4O2S2. The number of benzene rings is 1. The van der Waals surface area contributed by atoms with Crippen molar-refractivity contribution in [1.82, 2.24) is 20.4 Å². The van der Waals surface area contributed by atoms with E-state index in [1.807, 2.05) is 29.2 Å². The Morgan fingerprint density at radius 3 is 2.68 bits per heavy atom. The summed E-state index contributed by atoms with van der Waals surface area (Å²) >= 11 is 6.58. The van der Waals surface area contributed by atoms with Gasteiger partial charge in [-0.15, -0.1) is 11.3 Å². The van der Waals surface area contributed by atoms with Gasteiger partial charge in [-0.05, 0) is 92.6 Å². The molecule has 0 spiro atoms. The van der Waals surface area contributed by atoms with Gasteiger partial charge in [-0.3, -0.25) is 14.9 Å². The van der Waals surface area contributed by atoms with Crippen molar-refractivity contribution in [3.05, 3.63) is 52.0 Å². The van der Waals surface area contributed by atoms with Crippen LogP contribution in [0.2, 0.25) is 0 Å². The second-order valence-corrected chi connectivity index (χ2v) is 9.69. The van der Waals surface area contributed by atoms with E-state index in [2.05, 4.69) is 27.7 Å². The molecule has 6 nitrogen and oxygen atoms in total. The molecule has 0 radical (unpaired) electrons. The van der Waals surface area contributed by atoms with Gasteiger partial charge in [-0.25, -0.2) is 0 Å². The van der Waals surface area contributed by atoms with Crippen LogP contribution in [0, 0.1) is 0 Å². The van der Waals surface area contributed by atoms with Crippen LogP contribution in [0.5, 0.6) is 0 Å². The zero-order valence-electron chi connectivity index (χ0n) is 17.1. The van der Waals surface area contributed by atoms with Crippen molar-refractivity contribution in [2.24, 2.45) is 0 Å². The molecule has 3 aliphatic heterocycles. The Morgan fingerprint density at radius 1 is 1.06 bits per heavy atom. The van der Waals surface area contributed by atoms with Crippen LogP contribution in [0.3, 0.4) is 0 Å². The van der Waals surface area contributed by atoms with E-state index >= 15 is 0 Å². The van der Waals surface area contributed by atoms with Gasteiger partial charge < -0.3 is 15.1 Å². The number of carbonyl (C=O) groups is 2. The van der Waals surface area contributed by atoms with E-state index in [4.69, 9.17) is 12.2 Å². The van der Waals surface area contributed by atoms with Gasteiger partial charge in [0.2, 0.25) is 0 Å². The largest absolute Gasteiger partial charge is 0.334 e. The van der Waals surface area contributed by atoms with E-state index in [9.17, 15) is 9.59 Å². The van der Waals surface area contributed by atoms with Gasteiger partial charge in [-0.1, -0.05) is 6.07 Å². The topological polar surface area (TPSA) is 64.7 Å². The minimum atomic E-state index is -0.208. The fourth-order valence-corrected chi connectivity index (χ4v) is 5.57. The molecule has 0 aliphatic carbocycles. The maximum absolute atomic E-state index is 12.8. The highest BCUT2D eigenvalue weighted by Crippen LogP contribution is 2.33. The van der Waals surface area contributed by atoms with E-state index < -0.39 is 0 Å². The third kappa shape index (κ3) is 4.28. The fraction of sp³-hybridized carbons (Fsp3) is 0.348. The molecule has 0 unspecified atom stereocenters. The minimum Gasteiger partial charge on any atom is -0.334 e. The van der Waals surface area contributed by atoms with Gasteiger partial charge in [0, 0.05) is 28.4 Å². The van der Waals surface area contributed by atoms with Crippen molar-refractivity contribution in [1.29, 1.82) is 0 Å². The van der Waals surface area contributed by atoms with Crippen molar-refractivity contribution in [3.63, 3.8) is 0 Å². The van der Waals surface area contributed by atoms with Crippen LogP contribution in [0.25, 0.3) is 16.5 Å². The molecule has 2 saturated heterocycles. The number of thiocarbonyl (C=S) groups is 1. The molecule has 31 heavy (non-hydrogen) atoms. The standard InChI is InChI=1S/C23H24N4O2S2/c28-21-19(24-23(30)25-21)13-17-5-7-20(31-17)15-4-6-18-16(12-15)14-27(22(18)29)11-3-10-26-8-1-2-9-26/h4-7,12-13H,1-3,8-11,14H2,(H2,24,25,28,30)/b19-13+. The van der Waals surface area contributed by atoms with E-state index in [-0.39, 0.29) is 11.8 Å². The van der Waals surface area contributed by atoms with Crippen molar-refractivity contribution >= 4 is 46.6 Å². The first kappa shape index (κ1) is 20.4. The van der Waals surface area contributed by atoms with Gasteiger partial charge in [-0.2, -0.15) is 0 Å². The predicted octanol–water partition coefficient (Wildman–Crippen LogP) is 3.20. The molecule has 160 valence electrons. The lowest BCUT2D eigenvalue weighted by Gasteiger charge is -2.19. The van der Waals surface area contributed by atoms with Gasteiger partial charge in [0.1, 0.15) is 5.70 Å². The highest BCUT2D eigenvalue weighted by Gasteiger charge is 2.27. The summed E-state index contributed by atoms with van der Waals surface area (Å²) in [6.07, 6.45) is 5.44. The Labute approximate surface area is 190 Å². The van der Waals surface area contributed by atoms with Crippen LogP contribution in [0.4, 0.5) is 0 Å². The third-order valence-electron chi connectivity index (χ3n) is 6.00. The summed E-state index contributed by atoms with van der Waals surface area (Å²) in [7, 11) is 0. The van der Waals surface area contributed by atoms with Crippen LogP contribution < -0.4 is 10.6 Å². The number of hydrogen-bond acceptors (Lipinski definition) is 5. The second kappa shape index (κ2) is 8.53. The Balaban J connectivity index is 1.26. The summed E-state index contributed by atoms with van der Waals surface area (Å²) in [6, 6.07) is 10.1. The molecular weight excluding hydrogens is 428 g/mol. The predicted molar refractivity (Wildman–Crippen MR) is 127 cm³/mol. The number of likely N-dealkylation sites (tertiary alicyclic amines) is 1. The number of amides is 2. The number of carbonyl (C=O) groups excluding carboxylic acids is 2. The minimum absolute atomic E-state index is 0.147. The van der Waals surface area contributed by atoms with Crippen molar-refractivity contribution in [3.8, 4) is 10.4 Å². The van der Waals surface area contributed by atoms with Gasteiger partial charge >= 0.3 is 0 Å². The Hall–Kier alpha value is -2.55. The number of hydrogen-bond donors (Lipinski definition) is 2. The van der Waals surface area contributed by atoms with E-state index in [1.165, 1.54) is 25.9 Å². The quantitative estimate of drug-likeness (QED) is 0.521. The number of thiophene rings is 1. The third-order valence-corrected chi connectivity index (χ3v) is 7.29. The number of fused-ring (bicyclic) bond motifs is 1. The van der Waals surface area contributed by atoms with E-state index in [0.717, 1.165) is 46.0 Å². The summed E-state index contributed by atoms with van der Waals surface area (Å²) in [5, 5.41) is 5.78. The molecule has 4 heterocycles. The fourth-order valence-electron chi connectivity index (χ4n) is 4.42. The van der Waals surface area contributed by atoms with Crippen molar-refractivity contribution in [2.45, 2.75) is 25.8 Å². The summed E-state index contributed by atoms with van der Waals surface area (Å²) in [4.78, 5) is 31.2. The monoisotopic (exact) mass is 452 g/mol. The smallest absolute Gasteiger partial charge is 0.273 e. The Kier molecular flexibility index (Phi) is 5.60. The van der Waals surface area contributed by atoms with Gasteiger partial charge in [0.15, 0.2) is 5.11 Å². The first-order valence-electron chi connectivity index (χ1n) is 10.7. The van der Waals surface area contributed by atoms with Crippen molar-refractivity contribution < 1.29 is 9.59 Å². The molecule has 3 aliphatic rings. The lowest BCUT2D eigenvalue weighted by molar-refractivity contribution is -0.115. The normalized spacial score (nSPS) is 19.9. The van der Waals surface area contributed by atoms with Crippen LogP contribution in [-0.2, 0) is 11.3 Å². The molecule has 2 fully saturated rings. The number of rotatable bonds is 6. The average Bonchev–Trinajstić information content (AvgIpc) is 3.53. The van der Waals surface area contributed by atoms with Crippen LogP contribution >= 0.6 is 23.6 Å². The van der Waals surface area contributed by atoms with Gasteiger partial charge in [0.05, 0.1) is 0 Å². The van der Waals surface area contributed by atoms with Crippen molar-refractivity contribution in [2.75, 3.05) is 26.2 Å². The lowest BCUT2D eigenvalue weighted by Crippen LogP contribution is -2.29. The summed E-state index contributed by atoms with van der Waals surface area (Å²) in [6.45, 7) is 4.98. The molecule has 0 bridgehead atoms. The number of nitrogens with one attached hydrogen (secondary N) is 2. The summed E-state index contributed by atoms with van der Waals surface area (Å²) in [5.41, 5.74) is 3.48. The summed E-state index contributed by atoms with van der Waals surface area (Å²) in [5.74, 6) is -0.0605. The molecule has 2 amide bonds. The number of nitrogens with zero attached hydrogens (tertiary/aromatic N) is 2. The second-order valence-electron chi connectivity index (χ2n) is 8.17.